The standard InChI is InChI=1S/C23H26FN3O3S/c24-16-10-8-14(9-11-16)12-27(23(30)15-4-3-5-15)13-19(28)26-22-20(21(25)29)17-6-1-2-7-18(17)31-22/h8-11,15H,1-7,12-13H2,(H2,25,29)(H,26,28). The third-order valence-corrected chi connectivity index (χ3v) is 7.27. The molecule has 0 radical (unpaired) electrons. The van der Waals surface area contributed by atoms with Gasteiger partial charge in [0.2, 0.25) is 11.8 Å². The Morgan fingerprint density at radius 2 is 1.81 bits per heavy atom. The number of anilines is 1. The van der Waals surface area contributed by atoms with Crippen molar-refractivity contribution in [2.75, 3.05) is 11.9 Å². The Morgan fingerprint density at radius 3 is 2.45 bits per heavy atom. The first-order valence-electron chi connectivity index (χ1n) is 10.7. The number of nitrogens with zero attached hydrogens (tertiary/aromatic N) is 1. The molecule has 31 heavy (non-hydrogen) atoms. The van der Waals surface area contributed by atoms with Gasteiger partial charge in [-0.25, -0.2) is 4.39 Å². The minimum atomic E-state index is -0.539. The summed E-state index contributed by atoms with van der Waals surface area (Å²) in [7, 11) is 0. The van der Waals surface area contributed by atoms with Crippen LogP contribution in [0.2, 0.25) is 0 Å². The lowest BCUT2D eigenvalue weighted by Gasteiger charge is -2.31. The van der Waals surface area contributed by atoms with Gasteiger partial charge in [-0.2, -0.15) is 0 Å². The van der Waals surface area contributed by atoms with Crippen molar-refractivity contribution in [1.82, 2.24) is 4.90 Å². The van der Waals surface area contributed by atoms with Crippen LogP contribution in [-0.2, 0) is 29.0 Å². The minimum Gasteiger partial charge on any atom is -0.365 e. The fourth-order valence-corrected chi connectivity index (χ4v) is 5.50. The summed E-state index contributed by atoms with van der Waals surface area (Å²) < 4.78 is 13.2. The van der Waals surface area contributed by atoms with Gasteiger partial charge < -0.3 is 16.0 Å². The second kappa shape index (κ2) is 9.18. The van der Waals surface area contributed by atoms with Crippen LogP contribution in [0.5, 0.6) is 0 Å². The van der Waals surface area contributed by atoms with Crippen LogP contribution in [0.3, 0.4) is 0 Å². The third kappa shape index (κ3) is 4.79. The van der Waals surface area contributed by atoms with Crippen LogP contribution in [-0.4, -0.2) is 29.2 Å². The van der Waals surface area contributed by atoms with Crippen molar-refractivity contribution in [1.29, 1.82) is 0 Å². The highest BCUT2D eigenvalue weighted by molar-refractivity contribution is 7.17. The molecule has 0 unspecified atom stereocenters. The van der Waals surface area contributed by atoms with Crippen molar-refractivity contribution in [3.8, 4) is 0 Å². The lowest BCUT2D eigenvalue weighted by Crippen LogP contribution is -2.42. The van der Waals surface area contributed by atoms with E-state index in [9.17, 15) is 18.8 Å². The van der Waals surface area contributed by atoms with Crippen LogP contribution in [0.1, 0.15) is 58.5 Å². The monoisotopic (exact) mass is 443 g/mol. The Hall–Kier alpha value is -2.74. The molecule has 1 aromatic carbocycles. The summed E-state index contributed by atoms with van der Waals surface area (Å²) in [6.07, 6.45) is 6.38. The number of carbonyl (C=O) groups excluding carboxylic acids is 3. The first-order valence-corrected chi connectivity index (χ1v) is 11.5. The van der Waals surface area contributed by atoms with Crippen molar-refractivity contribution in [2.24, 2.45) is 11.7 Å². The molecule has 1 aromatic heterocycles. The minimum absolute atomic E-state index is 0.0636. The molecular formula is C23H26FN3O3S. The number of benzene rings is 1. The number of amides is 3. The molecule has 0 spiro atoms. The van der Waals surface area contributed by atoms with E-state index in [1.807, 2.05) is 0 Å². The van der Waals surface area contributed by atoms with Gasteiger partial charge in [0.15, 0.2) is 0 Å². The highest BCUT2D eigenvalue weighted by atomic mass is 32.1. The zero-order chi connectivity index (χ0) is 22.0. The molecule has 2 aliphatic rings. The SMILES string of the molecule is NC(=O)c1c(NC(=O)CN(Cc2ccc(F)cc2)C(=O)C2CCC2)sc2c1CCCC2. The van der Waals surface area contributed by atoms with Gasteiger partial charge in [-0.3, -0.25) is 14.4 Å². The smallest absolute Gasteiger partial charge is 0.251 e. The molecule has 8 heteroatoms. The fraction of sp³-hybridized carbons (Fsp3) is 0.435. The summed E-state index contributed by atoms with van der Waals surface area (Å²) in [4.78, 5) is 40.5. The predicted octanol–water partition coefficient (Wildman–Crippen LogP) is 3.63. The van der Waals surface area contributed by atoms with Gasteiger partial charge in [0.25, 0.3) is 5.91 Å². The van der Waals surface area contributed by atoms with E-state index < -0.39 is 5.91 Å². The molecule has 1 heterocycles. The topological polar surface area (TPSA) is 92.5 Å². The lowest BCUT2D eigenvalue weighted by atomic mass is 9.84. The van der Waals surface area contributed by atoms with Crippen LogP contribution in [0.4, 0.5) is 9.39 Å². The number of fused-ring (bicyclic) bond motifs is 1. The second-order valence-corrected chi connectivity index (χ2v) is 9.38. The van der Waals surface area contributed by atoms with E-state index in [0.29, 0.717) is 10.6 Å². The maximum atomic E-state index is 13.2. The normalized spacial score (nSPS) is 15.6. The molecule has 164 valence electrons. The van der Waals surface area contributed by atoms with Crippen LogP contribution >= 0.6 is 11.3 Å². The molecule has 1 saturated carbocycles. The summed E-state index contributed by atoms with van der Waals surface area (Å²) in [5.74, 6) is -1.38. The van der Waals surface area contributed by atoms with Gasteiger partial charge >= 0.3 is 0 Å². The number of hydrogen-bond donors (Lipinski definition) is 2. The van der Waals surface area contributed by atoms with Crippen LogP contribution < -0.4 is 11.1 Å². The maximum Gasteiger partial charge on any atom is 0.251 e. The molecule has 0 atom stereocenters. The maximum absolute atomic E-state index is 13.2. The lowest BCUT2D eigenvalue weighted by molar-refractivity contribution is -0.141. The number of aryl methyl sites for hydroxylation is 1. The Morgan fingerprint density at radius 1 is 1.10 bits per heavy atom. The molecule has 0 aliphatic heterocycles. The number of rotatable bonds is 7. The number of hydrogen-bond acceptors (Lipinski definition) is 4. The van der Waals surface area contributed by atoms with Gasteiger partial charge in [-0.1, -0.05) is 18.6 Å². The van der Waals surface area contributed by atoms with Crippen molar-refractivity contribution in [3.63, 3.8) is 0 Å². The highest BCUT2D eigenvalue weighted by Crippen LogP contribution is 2.38. The number of nitrogens with one attached hydrogen (secondary N) is 1. The van der Waals surface area contributed by atoms with E-state index in [0.717, 1.165) is 60.9 Å². The molecule has 2 aromatic rings. The van der Waals surface area contributed by atoms with Crippen LogP contribution in [0.25, 0.3) is 0 Å². The van der Waals surface area contributed by atoms with Crippen molar-refractivity contribution >= 4 is 34.1 Å². The number of thiophene rings is 1. The van der Waals surface area contributed by atoms with E-state index in [1.54, 1.807) is 12.1 Å². The Kier molecular flexibility index (Phi) is 6.36. The highest BCUT2D eigenvalue weighted by Gasteiger charge is 2.31. The van der Waals surface area contributed by atoms with Gasteiger partial charge in [-0.05, 0) is 61.8 Å². The molecule has 2 aliphatic carbocycles. The number of primary amides is 1. The quantitative estimate of drug-likeness (QED) is 0.684. The average molecular weight is 444 g/mol. The van der Waals surface area contributed by atoms with Crippen molar-refractivity contribution in [3.05, 3.63) is 51.7 Å². The summed E-state index contributed by atoms with van der Waals surface area (Å²) in [5.41, 5.74) is 7.72. The van der Waals surface area contributed by atoms with Gasteiger partial charge in [0.1, 0.15) is 17.4 Å². The molecule has 3 amide bonds. The largest absolute Gasteiger partial charge is 0.365 e. The fourth-order valence-electron chi connectivity index (χ4n) is 4.19. The van der Waals surface area contributed by atoms with Gasteiger partial charge in [0.05, 0.1) is 5.56 Å². The zero-order valence-electron chi connectivity index (χ0n) is 17.3. The number of nitrogens with two attached hydrogens (primary N) is 1. The van der Waals surface area contributed by atoms with E-state index in [2.05, 4.69) is 5.32 Å². The molecule has 1 fully saturated rings. The van der Waals surface area contributed by atoms with Crippen molar-refractivity contribution < 1.29 is 18.8 Å². The molecule has 3 N–H and O–H groups in total. The van der Waals surface area contributed by atoms with E-state index in [-0.39, 0.29) is 36.6 Å². The number of halogens is 1. The summed E-state index contributed by atoms with van der Waals surface area (Å²) in [5, 5.41) is 3.30. The first kappa shape index (κ1) is 21.5. The molecule has 0 bridgehead atoms. The predicted molar refractivity (Wildman–Crippen MR) is 117 cm³/mol. The Bertz CT molecular complexity index is 998. The van der Waals surface area contributed by atoms with Gasteiger partial charge in [0, 0.05) is 17.3 Å². The molecule has 0 saturated heterocycles. The van der Waals surface area contributed by atoms with E-state index >= 15 is 0 Å². The molecule has 6 nitrogen and oxygen atoms in total. The summed E-state index contributed by atoms with van der Waals surface area (Å²) >= 11 is 1.40. The van der Waals surface area contributed by atoms with E-state index in [1.165, 1.54) is 28.4 Å². The Labute approximate surface area is 184 Å². The average Bonchev–Trinajstić information content (AvgIpc) is 3.05. The van der Waals surface area contributed by atoms with Crippen molar-refractivity contribution in [2.45, 2.75) is 51.5 Å². The summed E-state index contributed by atoms with van der Waals surface area (Å²) in [6, 6.07) is 5.92. The second-order valence-electron chi connectivity index (χ2n) is 8.28. The zero-order valence-corrected chi connectivity index (χ0v) is 18.1. The van der Waals surface area contributed by atoms with Crippen LogP contribution in [0.15, 0.2) is 24.3 Å². The third-order valence-electron chi connectivity index (χ3n) is 6.06. The van der Waals surface area contributed by atoms with Crippen LogP contribution in [0, 0.1) is 11.7 Å². The van der Waals surface area contributed by atoms with Gasteiger partial charge in [-0.15, -0.1) is 11.3 Å². The Balaban J connectivity index is 1.51. The summed E-state index contributed by atoms with van der Waals surface area (Å²) in [6.45, 7) is 0.0973. The van der Waals surface area contributed by atoms with E-state index in [4.69, 9.17) is 5.73 Å². The molecular weight excluding hydrogens is 417 g/mol. The molecule has 4 rings (SSSR count). The number of carbonyl (C=O) groups is 3. The first-order chi connectivity index (χ1) is 14.9.